The average Bonchev–Trinajstić information content (AvgIpc) is 3.00. The minimum atomic E-state index is -0.813. The second-order valence-electron chi connectivity index (χ2n) is 5.02. The average molecular weight is 344 g/mol. The van der Waals surface area contributed by atoms with E-state index >= 15 is 0 Å². The number of nitrogens with two attached hydrogens (primary N) is 1. The van der Waals surface area contributed by atoms with Gasteiger partial charge in [-0.2, -0.15) is 0 Å². The molecule has 0 spiro atoms. The number of nitrogens with one attached hydrogen (secondary N) is 1. The number of furan rings is 1. The number of hydrogen-bond acceptors (Lipinski definition) is 5. The molecular formula is C17H13FN2O3S. The highest BCUT2D eigenvalue weighted by Gasteiger charge is 2.18. The molecule has 3 aromatic rings. The Kier molecular flexibility index (Phi) is 4.52. The number of fused-ring (bicyclic) bond motifs is 1. The Morgan fingerprint density at radius 2 is 2.08 bits per heavy atom. The van der Waals surface area contributed by atoms with Crippen LogP contribution in [0.4, 0.5) is 20.6 Å². The van der Waals surface area contributed by atoms with Gasteiger partial charge >= 0.3 is 0 Å². The number of aldehydes is 1. The summed E-state index contributed by atoms with van der Waals surface area (Å²) in [5, 5.41) is 2.62. The van der Waals surface area contributed by atoms with Crippen LogP contribution in [-0.2, 0) is 5.75 Å². The highest BCUT2D eigenvalue weighted by atomic mass is 32.2. The second-order valence-corrected chi connectivity index (χ2v) is 5.97. The van der Waals surface area contributed by atoms with E-state index < -0.39 is 5.82 Å². The zero-order valence-electron chi connectivity index (χ0n) is 12.4. The summed E-state index contributed by atoms with van der Waals surface area (Å²) < 4.78 is 19.2. The van der Waals surface area contributed by atoms with Gasteiger partial charge in [0.2, 0.25) is 0 Å². The number of halogens is 1. The van der Waals surface area contributed by atoms with Gasteiger partial charge in [0.05, 0.1) is 11.4 Å². The molecule has 1 heterocycles. The number of anilines is 2. The molecule has 0 saturated carbocycles. The molecule has 3 N–H and O–H groups in total. The SMILES string of the molecule is Nc1c(C=O)cc2c(NC(=O)SCc3ccccc3)coc2c1F. The van der Waals surface area contributed by atoms with Crippen molar-refractivity contribution in [3.63, 3.8) is 0 Å². The predicted octanol–water partition coefficient (Wildman–Crippen LogP) is 4.43. The monoisotopic (exact) mass is 344 g/mol. The first-order chi connectivity index (χ1) is 11.6. The summed E-state index contributed by atoms with van der Waals surface area (Å²) in [5.41, 5.74) is 6.46. The van der Waals surface area contributed by atoms with Gasteiger partial charge in [0.1, 0.15) is 6.26 Å². The molecule has 0 unspecified atom stereocenters. The fraction of sp³-hybridized carbons (Fsp3) is 0.0588. The highest BCUT2D eigenvalue weighted by molar-refractivity contribution is 8.13. The van der Waals surface area contributed by atoms with Gasteiger partial charge in [0, 0.05) is 16.7 Å². The fourth-order valence-electron chi connectivity index (χ4n) is 2.23. The minimum absolute atomic E-state index is 0.00818. The van der Waals surface area contributed by atoms with Gasteiger partial charge in [-0.15, -0.1) is 0 Å². The number of rotatable bonds is 4. The van der Waals surface area contributed by atoms with Crippen molar-refractivity contribution in [2.45, 2.75) is 5.75 Å². The summed E-state index contributed by atoms with van der Waals surface area (Å²) in [6.07, 6.45) is 1.68. The summed E-state index contributed by atoms with van der Waals surface area (Å²) in [6.45, 7) is 0. The Morgan fingerprint density at radius 3 is 2.79 bits per heavy atom. The molecule has 0 aliphatic heterocycles. The number of thioether (sulfide) groups is 1. The van der Waals surface area contributed by atoms with Gasteiger partial charge in [-0.25, -0.2) is 4.39 Å². The van der Waals surface area contributed by atoms with Gasteiger partial charge < -0.3 is 15.5 Å². The van der Waals surface area contributed by atoms with Gasteiger partial charge in [-0.1, -0.05) is 42.1 Å². The van der Waals surface area contributed by atoms with Crippen LogP contribution in [-0.4, -0.2) is 11.5 Å². The molecule has 7 heteroatoms. The molecular weight excluding hydrogens is 331 g/mol. The lowest BCUT2D eigenvalue weighted by Crippen LogP contribution is -2.05. The molecule has 1 aromatic heterocycles. The van der Waals surface area contributed by atoms with Crippen molar-refractivity contribution in [1.82, 2.24) is 0 Å². The third kappa shape index (κ3) is 3.11. The topological polar surface area (TPSA) is 85.3 Å². The van der Waals surface area contributed by atoms with E-state index in [1.54, 1.807) is 0 Å². The summed E-state index contributed by atoms with van der Waals surface area (Å²) in [6, 6.07) is 10.9. The molecule has 2 aromatic carbocycles. The summed E-state index contributed by atoms with van der Waals surface area (Å²) in [4.78, 5) is 23.0. The smallest absolute Gasteiger partial charge is 0.283 e. The third-order valence-electron chi connectivity index (χ3n) is 3.45. The number of amides is 1. The first-order valence-corrected chi connectivity index (χ1v) is 8.00. The fourth-order valence-corrected chi connectivity index (χ4v) is 2.90. The van der Waals surface area contributed by atoms with E-state index in [4.69, 9.17) is 10.2 Å². The third-order valence-corrected chi connectivity index (χ3v) is 4.29. The van der Waals surface area contributed by atoms with Crippen molar-refractivity contribution in [3.05, 3.63) is 59.6 Å². The van der Waals surface area contributed by atoms with Crippen molar-refractivity contribution in [1.29, 1.82) is 0 Å². The van der Waals surface area contributed by atoms with Crippen molar-refractivity contribution < 1.29 is 18.4 Å². The molecule has 122 valence electrons. The van der Waals surface area contributed by atoms with Crippen LogP contribution in [0.3, 0.4) is 0 Å². The van der Waals surface area contributed by atoms with E-state index in [9.17, 15) is 14.0 Å². The van der Waals surface area contributed by atoms with Gasteiger partial charge in [-0.05, 0) is 11.6 Å². The maximum absolute atomic E-state index is 14.1. The molecule has 0 saturated heterocycles. The molecule has 0 aliphatic carbocycles. The predicted molar refractivity (Wildman–Crippen MR) is 92.7 cm³/mol. The lowest BCUT2D eigenvalue weighted by atomic mass is 10.1. The van der Waals surface area contributed by atoms with E-state index in [-0.39, 0.29) is 33.1 Å². The number of carbonyl (C=O) groups is 2. The van der Waals surface area contributed by atoms with Crippen LogP contribution in [0.2, 0.25) is 0 Å². The highest BCUT2D eigenvalue weighted by Crippen LogP contribution is 2.33. The standard InChI is InChI=1S/C17H13FN2O3S/c18-14-15(19)11(7-21)6-12-13(8-23-16(12)14)20-17(22)24-9-10-4-2-1-3-5-10/h1-8H,9,19H2,(H,20,22). The molecule has 0 aliphatic rings. The molecule has 0 radical (unpaired) electrons. The van der Waals surface area contributed by atoms with Crippen molar-refractivity contribution in [2.75, 3.05) is 11.1 Å². The Balaban J connectivity index is 1.79. The first-order valence-electron chi connectivity index (χ1n) is 7.02. The molecule has 1 amide bonds. The zero-order valence-corrected chi connectivity index (χ0v) is 13.2. The van der Waals surface area contributed by atoms with E-state index in [2.05, 4.69) is 5.32 Å². The molecule has 0 bridgehead atoms. The lowest BCUT2D eigenvalue weighted by molar-refractivity contribution is 0.112. The van der Waals surface area contributed by atoms with Gasteiger partial charge in [-0.3, -0.25) is 9.59 Å². The number of benzene rings is 2. The van der Waals surface area contributed by atoms with Crippen molar-refractivity contribution >= 4 is 45.6 Å². The Hall–Kier alpha value is -2.80. The second kappa shape index (κ2) is 6.76. The molecule has 0 fully saturated rings. The van der Waals surface area contributed by atoms with Gasteiger partial charge in [0.15, 0.2) is 17.7 Å². The maximum Gasteiger partial charge on any atom is 0.283 e. The van der Waals surface area contributed by atoms with Crippen LogP contribution in [0.25, 0.3) is 11.0 Å². The largest absolute Gasteiger partial charge is 0.459 e. The van der Waals surface area contributed by atoms with Crippen LogP contribution < -0.4 is 11.1 Å². The number of nitrogen functional groups attached to an aromatic ring is 1. The van der Waals surface area contributed by atoms with E-state index in [0.29, 0.717) is 12.0 Å². The van der Waals surface area contributed by atoms with Gasteiger partial charge in [0.25, 0.3) is 5.24 Å². The molecule has 5 nitrogen and oxygen atoms in total. The van der Waals surface area contributed by atoms with Crippen LogP contribution in [0, 0.1) is 5.82 Å². The number of carbonyl (C=O) groups excluding carboxylic acids is 2. The minimum Gasteiger partial charge on any atom is -0.459 e. The first kappa shape index (κ1) is 16.1. The molecule has 24 heavy (non-hydrogen) atoms. The summed E-state index contributed by atoms with van der Waals surface area (Å²) in [7, 11) is 0. The maximum atomic E-state index is 14.1. The Morgan fingerprint density at radius 1 is 1.33 bits per heavy atom. The van der Waals surface area contributed by atoms with Crippen LogP contribution in [0.15, 0.2) is 47.1 Å². The number of hydrogen-bond donors (Lipinski definition) is 2. The lowest BCUT2D eigenvalue weighted by Gasteiger charge is -2.05. The van der Waals surface area contributed by atoms with E-state index in [1.807, 2.05) is 30.3 Å². The summed E-state index contributed by atoms with van der Waals surface area (Å²) >= 11 is 1.07. The molecule has 3 rings (SSSR count). The van der Waals surface area contributed by atoms with Crippen molar-refractivity contribution in [3.8, 4) is 0 Å². The van der Waals surface area contributed by atoms with Crippen LogP contribution in [0.1, 0.15) is 15.9 Å². The van der Waals surface area contributed by atoms with Crippen LogP contribution >= 0.6 is 11.8 Å². The van der Waals surface area contributed by atoms with E-state index in [1.165, 1.54) is 12.3 Å². The quantitative estimate of drug-likeness (QED) is 0.540. The summed E-state index contributed by atoms with van der Waals surface area (Å²) in [5.74, 6) is -0.310. The van der Waals surface area contributed by atoms with Crippen LogP contribution in [0.5, 0.6) is 0 Å². The van der Waals surface area contributed by atoms with Crippen molar-refractivity contribution in [2.24, 2.45) is 0 Å². The molecule has 0 atom stereocenters. The Labute approximate surface area is 141 Å². The zero-order chi connectivity index (χ0) is 17.1. The van der Waals surface area contributed by atoms with E-state index in [0.717, 1.165) is 17.3 Å². The Bertz CT molecular complexity index is 909. The normalized spacial score (nSPS) is 10.7.